The predicted molar refractivity (Wildman–Crippen MR) is 89.7 cm³/mol. The molecule has 0 heterocycles. The number of ether oxygens (including phenoxy) is 4. The third kappa shape index (κ3) is 3.18. The number of hydrogen-bond acceptors (Lipinski definition) is 5. The fourth-order valence-corrected chi connectivity index (χ4v) is 2.35. The summed E-state index contributed by atoms with van der Waals surface area (Å²) in [5, 5.41) is 10.3. The van der Waals surface area contributed by atoms with E-state index in [4.69, 9.17) is 18.9 Å². The smallest absolute Gasteiger partial charge is 0.208 e. The summed E-state index contributed by atoms with van der Waals surface area (Å²) in [5.74, 6) is 0.959. The van der Waals surface area contributed by atoms with Crippen LogP contribution in [-0.4, -0.2) is 33.5 Å². The first kappa shape index (κ1) is 16.5. The molecular weight excluding hydrogens is 296 g/mol. The van der Waals surface area contributed by atoms with Crippen molar-refractivity contribution in [2.75, 3.05) is 28.4 Å². The summed E-state index contributed by atoms with van der Waals surface area (Å²) < 4.78 is 21.3. The summed E-state index contributed by atoms with van der Waals surface area (Å²) in [7, 11) is 5.91. The van der Waals surface area contributed by atoms with Crippen LogP contribution in [0.2, 0.25) is 0 Å². The molecule has 0 saturated heterocycles. The lowest BCUT2D eigenvalue weighted by Crippen LogP contribution is -2.00. The topological polar surface area (TPSA) is 57.2 Å². The van der Waals surface area contributed by atoms with Crippen LogP contribution in [0.25, 0.3) is 12.2 Å². The number of phenols is 1. The summed E-state index contributed by atoms with van der Waals surface area (Å²) in [6.45, 7) is 0. The first-order valence-electron chi connectivity index (χ1n) is 6.99. The number of benzene rings is 2. The van der Waals surface area contributed by atoms with Crippen molar-refractivity contribution in [3.63, 3.8) is 0 Å². The van der Waals surface area contributed by atoms with E-state index < -0.39 is 0 Å². The van der Waals surface area contributed by atoms with Crippen molar-refractivity contribution in [2.24, 2.45) is 0 Å². The Bertz CT molecular complexity index is 659. The molecule has 0 spiro atoms. The number of aromatic hydroxyl groups is 1. The number of rotatable bonds is 6. The van der Waals surface area contributed by atoms with Crippen molar-refractivity contribution in [3.8, 4) is 28.7 Å². The first-order valence-corrected chi connectivity index (χ1v) is 6.99. The highest BCUT2D eigenvalue weighted by Crippen LogP contribution is 2.53. The quantitative estimate of drug-likeness (QED) is 0.825. The molecular formula is C18H20O5. The van der Waals surface area contributed by atoms with Gasteiger partial charge in [-0.2, -0.15) is 0 Å². The molecule has 0 saturated carbocycles. The lowest BCUT2D eigenvalue weighted by molar-refractivity contribution is 0.298. The van der Waals surface area contributed by atoms with Crippen LogP contribution in [0.4, 0.5) is 0 Å². The monoisotopic (exact) mass is 316 g/mol. The van der Waals surface area contributed by atoms with E-state index in [1.165, 1.54) is 28.4 Å². The van der Waals surface area contributed by atoms with Crippen LogP contribution in [0.5, 0.6) is 28.7 Å². The molecule has 5 nitrogen and oxygen atoms in total. The van der Waals surface area contributed by atoms with Gasteiger partial charge in [0, 0.05) is 0 Å². The van der Waals surface area contributed by atoms with E-state index in [1.807, 2.05) is 42.5 Å². The number of hydrogen-bond donors (Lipinski definition) is 1. The van der Waals surface area contributed by atoms with Crippen LogP contribution >= 0.6 is 0 Å². The Morgan fingerprint density at radius 3 is 1.61 bits per heavy atom. The zero-order chi connectivity index (χ0) is 16.8. The second-order valence-electron chi connectivity index (χ2n) is 4.64. The van der Waals surface area contributed by atoms with Gasteiger partial charge in [-0.05, 0) is 11.6 Å². The Labute approximate surface area is 135 Å². The van der Waals surface area contributed by atoms with E-state index in [9.17, 15) is 5.11 Å². The molecule has 0 unspecified atom stereocenters. The fourth-order valence-electron chi connectivity index (χ4n) is 2.35. The van der Waals surface area contributed by atoms with E-state index in [0.29, 0.717) is 17.1 Å². The van der Waals surface area contributed by atoms with E-state index in [-0.39, 0.29) is 17.2 Å². The van der Waals surface area contributed by atoms with Gasteiger partial charge in [-0.3, -0.25) is 0 Å². The van der Waals surface area contributed by atoms with Crippen LogP contribution in [0.1, 0.15) is 11.1 Å². The zero-order valence-corrected chi connectivity index (χ0v) is 13.6. The van der Waals surface area contributed by atoms with E-state index in [1.54, 1.807) is 0 Å². The highest BCUT2D eigenvalue weighted by Gasteiger charge is 2.25. The minimum atomic E-state index is -0.166. The molecule has 2 aromatic rings. The molecule has 2 aromatic carbocycles. The van der Waals surface area contributed by atoms with Crippen molar-refractivity contribution >= 4 is 12.2 Å². The summed E-state index contributed by atoms with van der Waals surface area (Å²) in [5.41, 5.74) is 1.63. The summed E-state index contributed by atoms with van der Waals surface area (Å²) in [4.78, 5) is 0. The molecule has 2 rings (SSSR count). The average molecular weight is 316 g/mol. The van der Waals surface area contributed by atoms with Crippen LogP contribution in [0.3, 0.4) is 0 Å². The van der Waals surface area contributed by atoms with E-state index >= 15 is 0 Å². The van der Waals surface area contributed by atoms with Gasteiger partial charge in [0.1, 0.15) is 0 Å². The molecule has 23 heavy (non-hydrogen) atoms. The maximum Gasteiger partial charge on any atom is 0.208 e. The maximum atomic E-state index is 10.3. The van der Waals surface area contributed by atoms with Crippen LogP contribution in [0, 0.1) is 0 Å². The minimum Gasteiger partial charge on any atom is -0.501 e. The maximum absolute atomic E-state index is 10.3. The number of phenolic OH excluding ortho intramolecular Hbond substituents is 1. The van der Waals surface area contributed by atoms with Gasteiger partial charge in [-0.1, -0.05) is 36.4 Å². The first-order chi connectivity index (χ1) is 11.2. The summed E-state index contributed by atoms with van der Waals surface area (Å²) >= 11 is 0. The Morgan fingerprint density at radius 2 is 1.17 bits per heavy atom. The van der Waals surface area contributed by atoms with Crippen molar-refractivity contribution in [3.05, 3.63) is 41.5 Å². The molecule has 0 atom stereocenters. The zero-order valence-electron chi connectivity index (χ0n) is 13.6. The Balaban J connectivity index is 2.66. The van der Waals surface area contributed by atoms with E-state index in [0.717, 1.165) is 5.56 Å². The van der Waals surface area contributed by atoms with Gasteiger partial charge in [0.2, 0.25) is 17.2 Å². The average Bonchev–Trinajstić information content (AvgIpc) is 2.60. The molecule has 0 aliphatic heterocycles. The standard InChI is InChI=1S/C18H20O5/c1-20-15-13(11-10-12-8-6-5-7-9-12)16(21-2)18(23-4)14(19)17(15)22-3/h5-11,19H,1-4H3. The molecule has 0 aromatic heterocycles. The highest BCUT2D eigenvalue weighted by atomic mass is 16.5. The van der Waals surface area contributed by atoms with Crippen LogP contribution < -0.4 is 18.9 Å². The fraction of sp³-hybridized carbons (Fsp3) is 0.222. The largest absolute Gasteiger partial charge is 0.501 e. The second kappa shape index (κ2) is 7.45. The van der Waals surface area contributed by atoms with Crippen molar-refractivity contribution < 1.29 is 24.1 Å². The summed E-state index contributed by atoms with van der Waals surface area (Å²) in [6, 6.07) is 9.80. The van der Waals surface area contributed by atoms with Crippen LogP contribution in [-0.2, 0) is 0 Å². The minimum absolute atomic E-state index is 0.166. The van der Waals surface area contributed by atoms with Gasteiger partial charge in [-0.15, -0.1) is 0 Å². The molecule has 0 aliphatic carbocycles. The van der Waals surface area contributed by atoms with Gasteiger partial charge in [0.05, 0.1) is 34.0 Å². The summed E-state index contributed by atoms with van der Waals surface area (Å²) in [6.07, 6.45) is 3.74. The van der Waals surface area contributed by atoms with Gasteiger partial charge < -0.3 is 24.1 Å². The lowest BCUT2D eigenvalue weighted by Gasteiger charge is -2.19. The van der Waals surface area contributed by atoms with Crippen molar-refractivity contribution in [1.82, 2.24) is 0 Å². The SMILES string of the molecule is COc1c(O)c(OC)c(OC)c(C=Cc2ccccc2)c1OC. The number of methoxy groups -OCH3 is 4. The van der Waals surface area contributed by atoms with Crippen molar-refractivity contribution in [1.29, 1.82) is 0 Å². The molecule has 0 fully saturated rings. The van der Waals surface area contributed by atoms with Gasteiger partial charge in [0.25, 0.3) is 0 Å². The lowest BCUT2D eigenvalue weighted by atomic mass is 10.1. The van der Waals surface area contributed by atoms with E-state index in [2.05, 4.69) is 0 Å². The Kier molecular flexibility index (Phi) is 5.36. The molecule has 122 valence electrons. The van der Waals surface area contributed by atoms with Gasteiger partial charge in [0.15, 0.2) is 11.5 Å². The molecule has 0 aliphatic rings. The predicted octanol–water partition coefficient (Wildman–Crippen LogP) is 3.60. The van der Waals surface area contributed by atoms with Gasteiger partial charge in [-0.25, -0.2) is 0 Å². The third-order valence-corrected chi connectivity index (χ3v) is 3.39. The molecule has 0 amide bonds. The second-order valence-corrected chi connectivity index (χ2v) is 4.64. The molecule has 5 heteroatoms. The third-order valence-electron chi connectivity index (χ3n) is 3.39. The Hall–Kier alpha value is -2.82. The normalized spacial score (nSPS) is 10.6. The Morgan fingerprint density at radius 1 is 0.696 bits per heavy atom. The molecule has 1 N–H and O–H groups in total. The molecule has 0 radical (unpaired) electrons. The van der Waals surface area contributed by atoms with Crippen LogP contribution in [0.15, 0.2) is 30.3 Å². The van der Waals surface area contributed by atoms with Gasteiger partial charge >= 0.3 is 0 Å². The molecule has 0 bridgehead atoms. The van der Waals surface area contributed by atoms with Crippen molar-refractivity contribution in [2.45, 2.75) is 0 Å². The highest BCUT2D eigenvalue weighted by molar-refractivity contribution is 5.83.